The van der Waals surface area contributed by atoms with Crippen molar-refractivity contribution in [1.82, 2.24) is 10.6 Å². The van der Waals surface area contributed by atoms with E-state index in [1.807, 2.05) is 37.3 Å². The third-order valence-electron chi connectivity index (χ3n) is 8.13. The molecule has 2 fully saturated rings. The summed E-state index contributed by atoms with van der Waals surface area (Å²) in [6.07, 6.45) is 3.56. The molecule has 1 aromatic rings. The van der Waals surface area contributed by atoms with Gasteiger partial charge in [0, 0.05) is 32.0 Å². The molecule has 2 saturated carbocycles. The Bertz CT molecular complexity index is 770. The Morgan fingerprint density at radius 3 is 2.59 bits per heavy atom. The summed E-state index contributed by atoms with van der Waals surface area (Å²) in [4.78, 5) is 25.2. The second-order valence-corrected chi connectivity index (χ2v) is 10.2. The fourth-order valence-corrected chi connectivity index (χ4v) is 6.11. The van der Waals surface area contributed by atoms with Crippen LogP contribution < -0.4 is 10.6 Å². The summed E-state index contributed by atoms with van der Waals surface area (Å²) < 4.78 is 5.02. The van der Waals surface area contributed by atoms with Gasteiger partial charge in [0.05, 0.1) is 12.7 Å². The number of hydrogen-bond donors (Lipinski definition) is 3. The van der Waals surface area contributed by atoms with Crippen molar-refractivity contribution in [1.29, 1.82) is 0 Å². The summed E-state index contributed by atoms with van der Waals surface area (Å²) >= 11 is 0. The van der Waals surface area contributed by atoms with E-state index in [1.54, 1.807) is 7.11 Å². The van der Waals surface area contributed by atoms with Crippen LogP contribution in [0, 0.1) is 29.1 Å². The van der Waals surface area contributed by atoms with Crippen LogP contribution in [0.1, 0.15) is 58.4 Å². The zero-order valence-corrected chi connectivity index (χ0v) is 20.0. The van der Waals surface area contributed by atoms with Crippen molar-refractivity contribution in [2.24, 2.45) is 29.1 Å². The van der Waals surface area contributed by atoms with Gasteiger partial charge in [0.1, 0.15) is 0 Å². The van der Waals surface area contributed by atoms with Crippen LogP contribution in [0.4, 0.5) is 0 Å². The number of carbonyl (C=O) groups excluding carboxylic acids is 2. The van der Waals surface area contributed by atoms with Crippen LogP contribution >= 0.6 is 0 Å². The van der Waals surface area contributed by atoms with Gasteiger partial charge in [-0.05, 0) is 54.4 Å². The minimum Gasteiger partial charge on any atom is -0.392 e. The molecular weight excluding hydrogens is 404 g/mol. The molecule has 2 amide bonds. The number of carbonyl (C=O) groups is 2. The van der Waals surface area contributed by atoms with E-state index >= 15 is 0 Å². The Morgan fingerprint density at radius 1 is 1.22 bits per heavy atom. The van der Waals surface area contributed by atoms with Gasteiger partial charge in [-0.3, -0.25) is 9.59 Å². The zero-order valence-electron chi connectivity index (χ0n) is 20.0. The standard InChI is InChI=1S/C26H40N2O4/c1-17(25(31)27-16-19-8-6-5-7-9-19)20-10-13-26(3)14-11-21(18(2)23(26)24(20)30)28-22(29)12-15-32-4/h5-9,17-18,20-21,23-24,30H,10-16H2,1-4H3,(H,27,31)(H,28,29). The Balaban J connectivity index is 1.64. The van der Waals surface area contributed by atoms with E-state index in [4.69, 9.17) is 4.74 Å². The molecule has 0 bridgehead atoms. The van der Waals surface area contributed by atoms with Crippen LogP contribution in [0.2, 0.25) is 0 Å². The average molecular weight is 445 g/mol. The highest BCUT2D eigenvalue weighted by molar-refractivity contribution is 5.78. The minimum absolute atomic E-state index is 0.00260. The van der Waals surface area contributed by atoms with Gasteiger partial charge in [0.25, 0.3) is 0 Å². The number of methoxy groups -OCH3 is 1. The molecule has 3 rings (SSSR count). The third kappa shape index (κ3) is 5.52. The number of rotatable bonds is 8. The molecule has 7 unspecified atom stereocenters. The normalized spacial score (nSPS) is 33.1. The number of nitrogens with one attached hydrogen (secondary N) is 2. The Hall–Kier alpha value is -1.92. The molecule has 6 heteroatoms. The smallest absolute Gasteiger partial charge is 0.223 e. The number of benzene rings is 1. The van der Waals surface area contributed by atoms with Gasteiger partial charge in [-0.2, -0.15) is 0 Å². The summed E-state index contributed by atoms with van der Waals surface area (Å²) in [5.41, 5.74) is 1.11. The first-order valence-corrected chi connectivity index (χ1v) is 12.0. The van der Waals surface area contributed by atoms with Gasteiger partial charge in [0.15, 0.2) is 0 Å². The highest BCUT2D eigenvalue weighted by atomic mass is 16.5. The number of ether oxygens (including phenoxy) is 1. The molecule has 0 spiro atoms. The van der Waals surface area contributed by atoms with Gasteiger partial charge in [-0.15, -0.1) is 0 Å². The first-order chi connectivity index (χ1) is 15.3. The summed E-state index contributed by atoms with van der Waals surface area (Å²) in [6, 6.07) is 9.93. The van der Waals surface area contributed by atoms with E-state index in [9.17, 15) is 14.7 Å². The van der Waals surface area contributed by atoms with Crippen LogP contribution in [0.3, 0.4) is 0 Å². The molecule has 6 nitrogen and oxygen atoms in total. The van der Waals surface area contributed by atoms with E-state index in [1.165, 1.54) is 0 Å². The lowest BCUT2D eigenvalue weighted by Gasteiger charge is -2.56. The van der Waals surface area contributed by atoms with Crippen LogP contribution in [-0.2, 0) is 20.9 Å². The first-order valence-electron chi connectivity index (χ1n) is 12.0. The van der Waals surface area contributed by atoms with Crippen molar-refractivity contribution in [2.75, 3.05) is 13.7 Å². The highest BCUT2D eigenvalue weighted by Crippen LogP contribution is 2.55. The number of aliphatic hydroxyl groups excluding tert-OH is 1. The van der Waals surface area contributed by atoms with Gasteiger partial charge < -0.3 is 20.5 Å². The monoisotopic (exact) mass is 444 g/mol. The quantitative estimate of drug-likeness (QED) is 0.574. The number of fused-ring (bicyclic) bond motifs is 1. The number of hydrogen-bond acceptors (Lipinski definition) is 4. The Morgan fingerprint density at radius 2 is 1.91 bits per heavy atom. The largest absolute Gasteiger partial charge is 0.392 e. The van der Waals surface area contributed by atoms with Crippen molar-refractivity contribution in [2.45, 2.75) is 71.6 Å². The van der Waals surface area contributed by atoms with Gasteiger partial charge in [0.2, 0.25) is 11.8 Å². The maximum atomic E-state index is 12.9. The second-order valence-electron chi connectivity index (χ2n) is 10.2. The molecule has 32 heavy (non-hydrogen) atoms. The molecule has 7 atom stereocenters. The summed E-state index contributed by atoms with van der Waals surface area (Å²) in [6.45, 7) is 7.27. The molecule has 1 aromatic carbocycles. The molecule has 0 saturated heterocycles. The fourth-order valence-electron chi connectivity index (χ4n) is 6.11. The molecule has 0 aromatic heterocycles. The Kier molecular flexibility index (Phi) is 8.34. The predicted octanol–water partition coefficient (Wildman–Crippen LogP) is 3.28. The van der Waals surface area contributed by atoms with Crippen molar-refractivity contribution in [3.63, 3.8) is 0 Å². The SMILES string of the molecule is COCCC(=O)NC1CCC2(C)CCC(C(C)C(=O)NCc3ccccc3)C(O)C2C1C. The van der Waals surface area contributed by atoms with E-state index in [0.717, 1.165) is 31.2 Å². The van der Waals surface area contributed by atoms with Crippen molar-refractivity contribution in [3.8, 4) is 0 Å². The van der Waals surface area contributed by atoms with Gasteiger partial charge in [-0.1, -0.05) is 51.1 Å². The van der Waals surface area contributed by atoms with Crippen LogP contribution in [0.25, 0.3) is 0 Å². The zero-order chi connectivity index (χ0) is 23.3. The average Bonchev–Trinajstić information content (AvgIpc) is 2.78. The maximum absolute atomic E-state index is 12.9. The van der Waals surface area contributed by atoms with Gasteiger partial charge >= 0.3 is 0 Å². The molecule has 3 N–H and O–H groups in total. The molecular formula is C26H40N2O4. The van der Waals surface area contributed by atoms with E-state index in [-0.39, 0.29) is 46.9 Å². The maximum Gasteiger partial charge on any atom is 0.223 e. The van der Waals surface area contributed by atoms with E-state index in [0.29, 0.717) is 19.6 Å². The van der Waals surface area contributed by atoms with Crippen molar-refractivity contribution >= 4 is 11.8 Å². The number of amides is 2. The summed E-state index contributed by atoms with van der Waals surface area (Å²) in [5, 5.41) is 17.7. The molecule has 2 aliphatic rings. The van der Waals surface area contributed by atoms with Crippen LogP contribution in [0.15, 0.2) is 30.3 Å². The molecule has 0 radical (unpaired) electrons. The molecule has 0 heterocycles. The van der Waals surface area contributed by atoms with E-state index < -0.39 is 6.10 Å². The molecule has 2 aliphatic carbocycles. The third-order valence-corrected chi connectivity index (χ3v) is 8.13. The Labute approximate surface area is 192 Å². The van der Waals surface area contributed by atoms with Crippen LogP contribution in [0.5, 0.6) is 0 Å². The lowest BCUT2D eigenvalue weighted by atomic mass is 9.51. The molecule has 0 aliphatic heterocycles. The minimum atomic E-state index is -0.556. The second kappa shape index (κ2) is 10.8. The predicted molar refractivity (Wildman–Crippen MR) is 125 cm³/mol. The fraction of sp³-hybridized carbons (Fsp3) is 0.692. The summed E-state index contributed by atoms with van der Waals surface area (Å²) in [7, 11) is 1.59. The lowest BCUT2D eigenvalue weighted by molar-refractivity contribution is -0.144. The lowest BCUT2D eigenvalue weighted by Crippen LogP contribution is -2.58. The van der Waals surface area contributed by atoms with E-state index in [2.05, 4.69) is 24.5 Å². The molecule has 178 valence electrons. The van der Waals surface area contributed by atoms with Gasteiger partial charge in [-0.25, -0.2) is 0 Å². The first kappa shape index (κ1) is 24.7. The topological polar surface area (TPSA) is 87.7 Å². The van der Waals surface area contributed by atoms with Crippen molar-refractivity contribution in [3.05, 3.63) is 35.9 Å². The number of aliphatic hydroxyl groups is 1. The van der Waals surface area contributed by atoms with Crippen LogP contribution in [-0.4, -0.2) is 42.8 Å². The van der Waals surface area contributed by atoms with Crippen molar-refractivity contribution < 1.29 is 19.4 Å². The highest BCUT2D eigenvalue weighted by Gasteiger charge is 2.53. The summed E-state index contributed by atoms with van der Waals surface area (Å²) in [5.74, 6) is -0.127.